The molecule has 0 unspecified atom stereocenters. The Morgan fingerprint density at radius 2 is 1.75 bits per heavy atom. The summed E-state index contributed by atoms with van der Waals surface area (Å²) in [5, 5.41) is 8.87. The second-order valence-electron chi connectivity index (χ2n) is 7.30. The molecule has 0 aliphatic heterocycles. The highest BCUT2D eigenvalue weighted by Gasteiger charge is 2.14. The van der Waals surface area contributed by atoms with E-state index in [2.05, 4.69) is 42.5 Å². The number of rotatable bonds is 6. The van der Waals surface area contributed by atoms with Crippen molar-refractivity contribution in [1.29, 1.82) is 0 Å². The molecule has 2 aromatic heterocycles. The Kier molecular flexibility index (Phi) is 5.31. The van der Waals surface area contributed by atoms with Crippen molar-refractivity contribution in [2.75, 3.05) is 11.9 Å². The van der Waals surface area contributed by atoms with Crippen LogP contribution in [0, 0.1) is 5.92 Å². The van der Waals surface area contributed by atoms with Crippen LogP contribution in [0.1, 0.15) is 20.3 Å². The zero-order chi connectivity index (χ0) is 19.5. The molecule has 0 saturated heterocycles. The molecule has 0 radical (unpaired) electrons. The maximum Gasteiger partial charge on any atom is 0.165 e. The van der Waals surface area contributed by atoms with Crippen LogP contribution in [-0.2, 0) is 0 Å². The highest BCUT2D eigenvalue weighted by Crippen LogP contribution is 2.29. The first-order valence-corrected chi connectivity index (χ1v) is 9.93. The maximum atomic E-state index is 6.06. The number of hydrogen-bond donors (Lipinski definition) is 1. The largest absolute Gasteiger partial charge is 0.370 e. The topological polar surface area (TPSA) is 42.2 Å². The molecule has 0 spiro atoms. The number of hydrogen-bond acceptors (Lipinski definition) is 3. The van der Waals surface area contributed by atoms with Gasteiger partial charge in [-0.25, -0.2) is 4.98 Å². The quantitative estimate of drug-likeness (QED) is 0.427. The number of benzene rings is 2. The molecule has 0 aliphatic rings. The van der Waals surface area contributed by atoms with E-state index in [-0.39, 0.29) is 0 Å². The molecule has 0 aliphatic carbocycles. The fourth-order valence-corrected chi connectivity index (χ4v) is 3.29. The van der Waals surface area contributed by atoms with Crippen molar-refractivity contribution in [1.82, 2.24) is 14.6 Å². The first-order valence-electron chi connectivity index (χ1n) is 9.56. The van der Waals surface area contributed by atoms with E-state index in [1.807, 2.05) is 53.2 Å². The van der Waals surface area contributed by atoms with Crippen LogP contribution < -0.4 is 5.32 Å². The number of anilines is 1. The van der Waals surface area contributed by atoms with Gasteiger partial charge in [0.25, 0.3) is 0 Å². The molecule has 2 aromatic carbocycles. The van der Waals surface area contributed by atoms with Crippen LogP contribution >= 0.6 is 11.6 Å². The maximum absolute atomic E-state index is 6.06. The summed E-state index contributed by atoms with van der Waals surface area (Å²) in [6.07, 6.45) is 2.96. The van der Waals surface area contributed by atoms with Crippen molar-refractivity contribution in [3.8, 4) is 22.4 Å². The molecule has 5 heteroatoms. The van der Waals surface area contributed by atoms with Gasteiger partial charge in [0.2, 0.25) is 0 Å². The van der Waals surface area contributed by atoms with Crippen LogP contribution in [0.25, 0.3) is 28.0 Å². The zero-order valence-corrected chi connectivity index (χ0v) is 16.8. The summed E-state index contributed by atoms with van der Waals surface area (Å²) < 4.78 is 1.89. The van der Waals surface area contributed by atoms with E-state index in [1.54, 1.807) is 0 Å². The standard InChI is InChI=1S/C23H23ClN4/c1-16(2)12-13-25-22-14-21(18-6-4-3-5-7-18)27-23-20(15-26-28(22)23)17-8-10-19(24)11-9-17/h3-11,14-16,25H,12-13H2,1-2H3. The van der Waals surface area contributed by atoms with Crippen LogP contribution in [0.2, 0.25) is 5.02 Å². The Balaban J connectivity index is 1.83. The van der Waals surface area contributed by atoms with E-state index in [9.17, 15) is 0 Å². The van der Waals surface area contributed by atoms with Gasteiger partial charge in [-0.05, 0) is 30.0 Å². The van der Waals surface area contributed by atoms with E-state index < -0.39 is 0 Å². The molecule has 2 heterocycles. The summed E-state index contributed by atoms with van der Waals surface area (Å²) in [5.74, 6) is 1.59. The van der Waals surface area contributed by atoms with Crippen molar-refractivity contribution in [2.24, 2.45) is 5.92 Å². The Hall–Kier alpha value is -2.85. The van der Waals surface area contributed by atoms with Crippen molar-refractivity contribution in [3.05, 3.63) is 71.9 Å². The Morgan fingerprint density at radius 3 is 2.46 bits per heavy atom. The lowest BCUT2D eigenvalue weighted by Gasteiger charge is -2.12. The molecule has 1 N–H and O–H groups in total. The number of aromatic nitrogens is 3. The normalized spacial score (nSPS) is 11.3. The van der Waals surface area contributed by atoms with Gasteiger partial charge in [-0.2, -0.15) is 9.61 Å². The molecule has 0 saturated carbocycles. The van der Waals surface area contributed by atoms with E-state index in [0.29, 0.717) is 10.9 Å². The summed E-state index contributed by atoms with van der Waals surface area (Å²) >= 11 is 6.06. The first-order chi connectivity index (χ1) is 13.6. The second kappa shape index (κ2) is 8.03. The average Bonchev–Trinajstić information content (AvgIpc) is 3.13. The van der Waals surface area contributed by atoms with Crippen LogP contribution in [-0.4, -0.2) is 21.1 Å². The van der Waals surface area contributed by atoms with Crippen LogP contribution in [0.15, 0.2) is 66.9 Å². The fourth-order valence-electron chi connectivity index (χ4n) is 3.17. The SMILES string of the molecule is CC(C)CCNc1cc(-c2ccccc2)nc2c(-c3ccc(Cl)cc3)cnn12. The van der Waals surface area contributed by atoms with Crippen molar-refractivity contribution in [2.45, 2.75) is 20.3 Å². The first kappa shape index (κ1) is 18.5. The van der Waals surface area contributed by atoms with Crippen molar-refractivity contribution < 1.29 is 0 Å². The highest BCUT2D eigenvalue weighted by atomic mass is 35.5. The number of halogens is 1. The van der Waals surface area contributed by atoms with Crippen LogP contribution in [0.3, 0.4) is 0 Å². The number of nitrogens with zero attached hydrogens (tertiary/aromatic N) is 3. The molecule has 4 aromatic rings. The summed E-state index contributed by atoms with van der Waals surface area (Å²) in [6, 6.07) is 20.1. The monoisotopic (exact) mass is 390 g/mol. The molecule has 0 atom stereocenters. The van der Waals surface area contributed by atoms with Gasteiger partial charge in [0.1, 0.15) is 5.82 Å². The molecule has 4 nitrogen and oxygen atoms in total. The van der Waals surface area contributed by atoms with E-state index in [0.717, 1.165) is 46.8 Å². The molecule has 0 fully saturated rings. The molecule has 28 heavy (non-hydrogen) atoms. The predicted octanol–water partition coefficient (Wildman–Crippen LogP) is 6.17. The number of nitrogens with one attached hydrogen (secondary N) is 1. The summed E-state index contributed by atoms with van der Waals surface area (Å²) in [7, 11) is 0. The van der Waals surface area contributed by atoms with Gasteiger partial charge < -0.3 is 5.32 Å². The molecule has 0 amide bonds. The minimum absolute atomic E-state index is 0.640. The van der Waals surface area contributed by atoms with E-state index in [4.69, 9.17) is 16.6 Å². The minimum atomic E-state index is 0.640. The Labute approximate surface area is 170 Å². The van der Waals surface area contributed by atoms with Gasteiger partial charge in [-0.3, -0.25) is 0 Å². The molecule has 142 valence electrons. The van der Waals surface area contributed by atoms with Gasteiger partial charge in [-0.1, -0.05) is 67.9 Å². The third-order valence-corrected chi connectivity index (χ3v) is 4.98. The third kappa shape index (κ3) is 3.87. The Morgan fingerprint density at radius 1 is 1.00 bits per heavy atom. The lowest BCUT2D eigenvalue weighted by molar-refractivity contribution is 0.606. The lowest BCUT2D eigenvalue weighted by atomic mass is 10.1. The molecule has 4 rings (SSSR count). The predicted molar refractivity (Wildman–Crippen MR) is 117 cm³/mol. The summed E-state index contributed by atoms with van der Waals surface area (Å²) in [6.45, 7) is 5.35. The minimum Gasteiger partial charge on any atom is -0.370 e. The summed E-state index contributed by atoms with van der Waals surface area (Å²) in [4.78, 5) is 4.94. The average molecular weight is 391 g/mol. The van der Waals surface area contributed by atoms with Gasteiger partial charge in [0, 0.05) is 28.8 Å². The van der Waals surface area contributed by atoms with E-state index in [1.165, 1.54) is 0 Å². The van der Waals surface area contributed by atoms with Gasteiger partial charge in [-0.15, -0.1) is 0 Å². The van der Waals surface area contributed by atoms with Crippen molar-refractivity contribution in [3.63, 3.8) is 0 Å². The van der Waals surface area contributed by atoms with Crippen molar-refractivity contribution >= 4 is 23.1 Å². The van der Waals surface area contributed by atoms with Gasteiger partial charge in [0.15, 0.2) is 5.65 Å². The smallest absolute Gasteiger partial charge is 0.165 e. The highest BCUT2D eigenvalue weighted by molar-refractivity contribution is 6.30. The van der Waals surface area contributed by atoms with Gasteiger partial charge in [0.05, 0.1) is 11.9 Å². The Bertz CT molecular complexity index is 1070. The molecule has 0 bridgehead atoms. The third-order valence-electron chi connectivity index (χ3n) is 4.72. The summed E-state index contributed by atoms with van der Waals surface area (Å²) in [5.41, 5.74) is 4.87. The second-order valence-corrected chi connectivity index (χ2v) is 7.74. The lowest BCUT2D eigenvalue weighted by Crippen LogP contribution is -2.09. The molecular formula is C23H23ClN4. The fraction of sp³-hybridized carbons (Fsp3) is 0.217. The molecular weight excluding hydrogens is 368 g/mol. The van der Waals surface area contributed by atoms with Crippen LogP contribution in [0.5, 0.6) is 0 Å². The van der Waals surface area contributed by atoms with Crippen LogP contribution in [0.4, 0.5) is 5.82 Å². The van der Waals surface area contributed by atoms with E-state index >= 15 is 0 Å². The van der Waals surface area contributed by atoms with Gasteiger partial charge >= 0.3 is 0 Å². The number of fused-ring (bicyclic) bond motifs is 1. The zero-order valence-electron chi connectivity index (χ0n) is 16.1.